The maximum Gasteiger partial charge on any atom is 0.417 e. The van der Waals surface area contributed by atoms with E-state index in [1.54, 1.807) is 6.07 Å². The van der Waals surface area contributed by atoms with Crippen LogP contribution in [0.15, 0.2) is 78.9 Å². The third kappa shape index (κ3) is 17.1. The Labute approximate surface area is 384 Å². The number of ether oxygens (including phenoxy) is 8. The zero-order valence-electron chi connectivity index (χ0n) is 39.0. The molecule has 0 radical (unpaired) electrons. The van der Waals surface area contributed by atoms with Crippen molar-refractivity contribution >= 4 is 29.8 Å². The average Bonchev–Trinajstić information content (AvgIpc) is 3.30. The van der Waals surface area contributed by atoms with Gasteiger partial charge >= 0.3 is 29.8 Å². The molecule has 1 heterocycles. The summed E-state index contributed by atoms with van der Waals surface area (Å²) in [5, 5.41) is 0. The molecule has 0 aliphatic carbocycles. The number of hydrogen-bond acceptors (Lipinski definition) is 13. The van der Waals surface area contributed by atoms with Crippen LogP contribution < -0.4 is 4.74 Å². The fourth-order valence-corrected chi connectivity index (χ4v) is 7.06. The highest BCUT2D eigenvalue weighted by atomic mass is 16.6. The summed E-state index contributed by atoms with van der Waals surface area (Å²) in [6, 6.07) is 23.1. The molecular weight excluding hydrogens is 833 g/mol. The maximum absolute atomic E-state index is 12.6. The number of hydrogen-bond donors (Lipinski definition) is 0. The minimum atomic E-state index is -1.65. The molecule has 1 aliphatic rings. The Hall–Kier alpha value is -5.53. The minimum Gasteiger partial charge on any atom is -0.492 e. The van der Waals surface area contributed by atoms with Crippen molar-refractivity contribution in [2.45, 2.75) is 105 Å². The number of rotatable bonds is 28. The van der Waals surface area contributed by atoms with E-state index in [4.69, 9.17) is 37.9 Å². The van der Waals surface area contributed by atoms with Crippen LogP contribution in [0.25, 0.3) is 11.1 Å². The number of carbonyl (C=O) groups is 5. The highest BCUT2D eigenvalue weighted by molar-refractivity contribution is 6.30. The molecule has 1 aliphatic heterocycles. The van der Waals surface area contributed by atoms with Gasteiger partial charge in [0.05, 0.1) is 39.6 Å². The van der Waals surface area contributed by atoms with E-state index in [1.165, 1.54) is 76.0 Å². The van der Waals surface area contributed by atoms with Gasteiger partial charge in [0.15, 0.2) is 0 Å². The van der Waals surface area contributed by atoms with E-state index in [9.17, 15) is 24.0 Å². The van der Waals surface area contributed by atoms with Crippen molar-refractivity contribution in [2.24, 2.45) is 10.8 Å². The molecule has 13 nitrogen and oxygen atoms in total. The summed E-state index contributed by atoms with van der Waals surface area (Å²) >= 11 is 0. The summed E-state index contributed by atoms with van der Waals surface area (Å²) < 4.78 is 43.9. The lowest BCUT2D eigenvalue weighted by Crippen LogP contribution is -2.45. The fourth-order valence-electron chi connectivity index (χ4n) is 7.06. The Morgan fingerprint density at radius 3 is 1.60 bits per heavy atom. The Balaban J connectivity index is 1.55. The summed E-state index contributed by atoms with van der Waals surface area (Å²) in [6.45, 7) is 11.9. The maximum atomic E-state index is 12.6. The zero-order chi connectivity index (χ0) is 47.1. The van der Waals surface area contributed by atoms with Crippen LogP contribution in [0.3, 0.4) is 0 Å². The summed E-state index contributed by atoms with van der Waals surface area (Å²) in [7, 11) is 0. The van der Waals surface area contributed by atoms with Gasteiger partial charge in [-0.3, -0.25) is 0 Å². The van der Waals surface area contributed by atoms with E-state index in [-0.39, 0.29) is 30.8 Å². The molecule has 0 saturated carbocycles. The molecule has 0 spiro atoms. The van der Waals surface area contributed by atoms with Gasteiger partial charge in [0.1, 0.15) is 37.6 Å². The highest BCUT2D eigenvalue weighted by Gasteiger charge is 2.40. The fraction of sp³-hybridized carbons (Fsp3) is 0.519. The van der Waals surface area contributed by atoms with E-state index in [0.29, 0.717) is 31.1 Å². The van der Waals surface area contributed by atoms with Crippen LogP contribution >= 0.6 is 0 Å². The van der Waals surface area contributed by atoms with Gasteiger partial charge in [-0.25, -0.2) is 24.0 Å². The molecule has 3 aromatic rings. The van der Waals surface area contributed by atoms with Crippen molar-refractivity contribution in [1.29, 1.82) is 0 Å². The molecule has 65 heavy (non-hydrogen) atoms. The van der Waals surface area contributed by atoms with Crippen LogP contribution in [0.5, 0.6) is 5.75 Å². The Morgan fingerprint density at radius 2 is 1.09 bits per heavy atom. The summed E-state index contributed by atoms with van der Waals surface area (Å²) in [5.74, 6) is -5.58. The second-order valence-corrected chi connectivity index (χ2v) is 16.9. The first-order valence-electron chi connectivity index (χ1n) is 22.9. The van der Waals surface area contributed by atoms with Crippen LogP contribution in [0, 0.1) is 10.8 Å². The normalized spacial score (nSPS) is 12.9. The molecule has 0 N–H and O–H groups in total. The first kappa shape index (κ1) is 52.1. The van der Waals surface area contributed by atoms with Gasteiger partial charge in [-0.2, -0.15) is 0 Å². The van der Waals surface area contributed by atoms with Gasteiger partial charge in [-0.05, 0) is 92.8 Å². The first-order valence-corrected chi connectivity index (χ1v) is 22.9. The lowest BCUT2D eigenvalue weighted by atomic mass is 9.84. The van der Waals surface area contributed by atoms with Gasteiger partial charge in [-0.1, -0.05) is 107 Å². The summed E-state index contributed by atoms with van der Waals surface area (Å²) in [4.78, 5) is 62.4. The van der Waals surface area contributed by atoms with E-state index in [0.717, 1.165) is 36.8 Å². The van der Waals surface area contributed by atoms with Crippen molar-refractivity contribution in [3.05, 3.63) is 101 Å². The van der Waals surface area contributed by atoms with Crippen molar-refractivity contribution < 1.29 is 61.9 Å². The van der Waals surface area contributed by atoms with Crippen LogP contribution in [0.2, 0.25) is 0 Å². The van der Waals surface area contributed by atoms with Crippen LogP contribution in [0.1, 0.15) is 102 Å². The SMILES string of the molecule is C=C(C)C(=O)OCC(COC(=O)C(=O)OCC)(COC(=O)C(=O)OCC)COc1ccc(-c2ccc(CCc3ccc(CCCCCCCC)cc3)cc2)cc1COCC1(CC)COC1. The number of unbranched alkanes of at least 4 members (excludes halogenated alkanes) is 5. The van der Waals surface area contributed by atoms with Crippen LogP contribution in [-0.2, 0) is 83.0 Å². The molecule has 0 bridgehead atoms. The topological polar surface area (TPSA) is 159 Å². The number of benzene rings is 3. The lowest BCUT2D eigenvalue weighted by molar-refractivity contribution is -0.178. The summed E-state index contributed by atoms with van der Waals surface area (Å²) in [6.07, 6.45) is 11.6. The van der Waals surface area contributed by atoms with E-state index < -0.39 is 61.7 Å². The monoisotopic (exact) mass is 900 g/mol. The molecule has 1 saturated heterocycles. The van der Waals surface area contributed by atoms with Crippen LogP contribution in [-0.4, -0.2) is 89.3 Å². The van der Waals surface area contributed by atoms with Gasteiger partial charge < -0.3 is 37.9 Å². The summed E-state index contributed by atoms with van der Waals surface area (Å²) in [5.41, 5.74) is 4.84. The smallest absolute Gasteiger partial charge is 0.417 e. The third-order valence-corrected chi connectivity index (χ3v) is 11.4. The van der Waals surface area contributed by atoms with Crippen molar-refractivity contribution in [3.8, 4) is 16.9 Å². The average molecular weight is 901 g/mol. The molecule has 354 valence electrons. The molecule has 4 rings (SSSR count). The van der Waals surface area contributed by atoms with Gasteiger partial charge in [0, 0.05) is 16.6 Å². The standard InChI is InChI=1S/C52H68O13/c1-7-11-12-13-14-15-16-39-17-19-40(20-18-39)21-22-41-23-25-42(26-24-41)43-27-28-45(44(29-43)30-58-31-51(8-2)32-59-33-51)62-34-52(35-63-46(53)38(5)6,36-64-49(56)47(54)60-9-3)37-65-50(57)48(55)61-10-4/h17-20,23-29H,5,7-16,21-22,30-37H2,1-4,6H3. The quantitative estimate of drug-likeness (QED) is 0.0224. The predicted molar refractivity (Wildman–Crippen MR) is 245 cm³/mol. The molecule has 0 aromatic heterocycles. The number of aryl methyl sites for hydroxylation is 3. The second-order valence-electron chi connectivity index (χ2n) is 16.9. The van der Waals surface area contributed by atoms with E-state index >= 15 is 0 Å². The minimum absolute atomic E-state index is 0.0697. The van der Waals surface area contributed by atoms with Crippen molar-refractivity contribution in [1.82, 2.24) is 0 Å². The molecule has 0 amide bonds. The molecule has 1 fully saturated rings. The number of carbonyl (C=O) groups excluding carboxylic acids is 5. The number of esters is 5. The van der Waals surface area contributed by atoms with E-state index in [1.807, 2.05) is 12.1 Å². The molecular formula is C52H68O13. The highest BCUT2D eigenvalue weighted by Crippen LogP contribution is 2.34. The molecule has 3 aromatic carbocycles. The third-order valence-electron chi connectivity index (χ3n) is 11.4. The van der Waals surface area contributed by atoms with Crippen molar-refractivity contribution in [2.75, 3.05) is 59.5 Å². The van der Waals surface area contributed by atoms with Crippen LogP contribution in [0.4, 0.5) is 0 Å². The molecule has 13 heteroatoms. The Bertz CT molecular complexity index is 1960. The first-order chi connectivity index (χ1) is 31.3. The Kier molecular flexibility index (Phi) is 21.7. The van der Waals surface area contributed by atoms with Gasteiger partial charge in [0.25, 0.3) is 0 Å². The second kappa shape index (κ2) is 27.1. The van der Waals surface area contributed by atoms with Gasteiger partial charge in [0.2, 0.25) is 0 Å². The molecule has 0 unspecified atom stereocenters. The van der Waals surface area contributed by atoms with E-state index in [2.05, 4.69) is 69.0 Å². The molecule has 0 atom stereocenters. The van der Waals surface area contributed by atoms with Gasteiger partial charge in [-0.15, -0.1) is 0 Å². The predicted octanol–water partition coefficient (Wildman–Crippen LogP) is 8.68. The Morgan fingerprint density at radius 1 is 0.600 bits per heavy atom. The van der Waals surface area contributed by atoms with Crippen molar-refractivity contribution in [3.63, 3.8) is 0 Å². The zero-order valence-corrected chi connectivity index (χ0v) is 39.0. The largest absolute Gasteiger partial charge is 0.492 e. The lowest BCUT2D eigenvalue weighted by Gasteiger charge is -2.40.